The highest BCUT2D eigenvalue weighted by molar-refractivity contribution is 6.04. The number of nitrogens with zero attached hydrogens (tertiary/aromatic N) is 1. The van der Waals surface area contributed by atoms with Crippen LogP contribution in [0.2, 0.25) is 0 Å². The van der Waals surface area contributed by atoms with E-state index in [9.17, 15) is 14.4 Å². The molecule has 0 spiro atoms. The molecule has 2 heterocycles. The molecule has 2 unspecified atom stereocenters. The average Bonchev–Trinajstić information content (AvgIpc) is 2.39. The van der Waals surface area contributed by atoms with Crippen molar-refractivity contribution in [3.63, 3.8) is 0 Å². The van der Waals surface area contributed by atoms with Crippen molar-refractivity contribution in [3.8, 4) is 0 Å². The van der Waals surface area contributed by atoms with Crippen molar-refractivity contribution in [3.05, 3.63) is 0 Å². The Bertz CT molecular complexity index is 377. The van der Waals surface area contributed by atoms with Crippen molar-refractivity contribution in [2.75, 3.05) is 13.2 Å². The minimum atomic E-state index is -0.534. The van der Waals surface area contributed by atoms with Crippen molar-refractivity contribution >= 4 is 17.7 Å². The van der Waals surface area contributed by atoms with Crippen molar-refractivity contribution in [2.24, 2.45) is 0 Å². The minimum absolute atomic E-state index is 0.0319. The highest BCUT2D eigenvalue weighted by Crippen LogP contribution is 2.18. The Balaban J connectivity index is 1.98. The maximum Gasteiger partial charge on any atom is 0.249 e. The molecule has 2 rings (SSSR count). The Labute approximate surface area is 112 Å². The number of rotatable bonds is 3. The first kappa shape index (κ1) is 14.0. The van der Waals surface area contributed by atoms with Gasteiger partial charge in [0, 0.05) is 6.61 Å². The maximum atomic E-state index is 12.2. The van der Waals surface area contributed by atoms with Crippen LogP contribution in [0.25, 0.3) is 0 Å². The lowest BCUT2D eigenvalue weighted by atomic mass is 10.0. The van der Waals surface area contributed by atoms with Crippen LogP contribution in [0.3, 0.4) is 0 Å². The molecule has 0 bridgehead atoms. The van der Waals surface area contributed by atoms with Crippen molar-refractivity contribution in [2.45, 2.75) is 51.2 Å². The minimum Gasteiger partial charge on any atom is -0.378 e. The molecule has 6 heteroatoms. The van der Waals surface area contributed by atoms with E-state index in [1.54, 1.807) is 0 Å². The maximum absolute atomic E-state index is 12.2. The number of carbonyl (C=O) groups is 3. The number of hydrogen-bond acceptors (Lipinski definition) is 4. The number of nitrogens with one attached hydrogen (secondary N) is 1. The van der Waals surface area contributed by atoms with E-state index in [0.29, 0.717) is 13.0 Å². The second-order valence-corrected chi connectivity index (χ2v) is 5.05. The second-order valence-electron chi connectivity index (χ2n) is 5.05. The summed E-state index contributed by atoms with van der Waals surface area (Å²) in [6.45, 7) is 2.49. The fourth-order valence-electron chi connectivity index (χ4n) is 2.61. The van der Waals surface area contributed by atoms with E-state index >= 15 is 0 Å². The van der Waals surface area contributed by atoms with Gasteiger partial charge in [0.2, 0.25) is 17.7 Å². The molecule has 6 nitrogen and oxygen atoms in total. The van der Waals surface area contributed by atoms with Gasteiger partial charge in [-0.05, 0) is 25.7 Å². The summed E-state index contributed by atoms with van der Waals surface area (Å²) in [5.74, 6) is -0.953. The summed E-state index contributed by atoms with van der Waals surface area (Å²) in [6, 6.07) is -0.534. The van der Waals surface area contributed by atoms with Crippen LogP contribution < -0.4 is 5.32 Å². The van der Waals surface area contributed by atoms with Gasteiger partial charge in [-0.15, -0.1) is 0 Å². The molecule has 0 aromatic rings. The number of imide groups is 1. The molecule has 0 aliphatic carbocycles. The molecule has 2 atom stereocenters. The van der Waals surface area contributed by atoms with E-state index in [0.717, 1.165) is 19.3 Å². The zero-order valence-electron chi connectivity index (χ0n) is 11.2. The lowest BCUT2D eigenvalue weighted by molar-refractivity contribution is -0.152. The van der Waals surface area contributed by atoms with Gasteiger partial charge in [-0.3, -0.25) is 19.7 Å². The molecular weight excluding hydrogens is 248 g/mol. The second kappa shape index (κ2) is 6.14. The summed E-state index contributed by atoms with van der Waals surface area (Å²) in [7, 11) is 0. The quantitative estimate of drug-likeness (QED) is 0.742. The molecule has 2 aliphatic rings. The smallest absolute Gasteiger partial charge is 0.249 e. The van der Waals surface area contributed by atoms with Gasteiger partial charge in [0.1, 0.15) is 12.6 Å². The van der Waals surface area contributed by atoms with Crippen LogP contribution in [0, 0.1) is 0 Å². The molecule has 1 N–H and O–H groups in total. The summed E-state index contributed by atoms with van der Waals surface area (Å²) >= 11 is 0. The summed E-state index contributed by atoms with van der Waals surface area (Å²) in [4.78, 5) is 36.7. The third-order valence-corrected chi connectivity index (χ3v) is 3.64. The summed E-state index contributed by atoms with van der Waals surface area (Å²) < 4.78 is 5.53. The first-order valence-electron chi connectivity index (χ1n) is 6.86. The molecule has 19 heavy (non-hydrogen) atoms. The highest BCUT2D eigenvalue weighted by atomic mass is 16.5. The molecule has 2 saturated heterocycles. The monoisotopic (exact) mass is 268 g/mol. The van der Waals surface area contributed by atoms with Crippen molar-refractivity contribution < 1.29 is 19.1 Å². The Morgan fingerprint density at radius 3 is 2.84 bits per heavy atom. The topological polar surface area (TPSA) is 75.7 Å². The number of hydrogen-bond donors (Lipinski definition) is 1. The first-order valence-corrected chi connectivity index (χ1v) is 6.86. The molecule has 2 fully saturated rings. The van der Waals surface area contributed by atoms with Crippen molar-refractivity contribution in [1.29, 1.82) is 0 Å². The van der Waals surface area contributed by atoms with Gasteiger partial charge in [0.05, 0.1) is 12.5 Å². The molecule has 2 aliphatic heterocycles. The normalized spacial score (nSPS) is 28.2. The fourth-order valence-corrected chi connectivity index (χ4v) is 2.61. The summed E-state index contributed by atoms with van der Waals surface area (Å²) in [6.07, 6.45) is 3.67. The predicted molar refractivity (Wildman–Crippen MR) is 67.1 cm³/mol. The highest BCUT2D eigenvalue weighted by Gasteiger charge is 2.36. The van der Waals surface area contributed by atoms with E-state index in [1.807, 2.05) is 6.92 Å². The Kier molecular flexibility index (Phi) is 4.52. The van der Waals surface area contributed by atoms with Gasteiger partial charge in [0.25, 0.3) is 0 Å². The zero-order valence-corrected chi connectivity index (χ0v) is 11.2. The Hall–Kier alpha value is -1.43. The van der Waals surface area contributed by atoms with Crippen LogP contribution in [0.4, 0.5) is 0 Å². The van der Waals surface area contributed by atoms with Crippen LogP contribution >= 0.6 is 0 Å². The molecular formula is C13H20N2O4. The van der Waals surface area contributed by atoms with Gasteiger partial charge in [-0.2, -0.15) is 0 Å². The molecule has 0 radical (unpaired) electrons. The lowest BCUT2D eigenvalue weighted by Gasteiger charge is -2.34. The summed E-state index contributed by atoms with van der Waals surface area (Å²) in [5, 5.41) is 2.27. The molecule has 106 valence electrons. The van der Waals surface area contributed by atoms with Gasteiger partial charge >= 0.3 is 0 Å². The third-order valence-electron chi connectivity index (χ3n) is 3.64. The van der Waals surface area contributed by atoms with E-state index in [2.05, 4.69) is 5.32 Å². The van der Waals surface area contributed by atoms with Crippen LogP contribution in [-0.4, -0.2) is 47.9 Å². The predicted octanol–water partition coefficient (Wildman–Crippen LogP) is 0.209. The fraction of sp³-hybridized carbons (Fsp3) is 0.769. The van der Waals surface area contributed by atoms with Crippen LogP contribution in [-0.2, 0) is 19.1 Å². The first-order chi connectivity index (χ1) is 9.11. The van der Waals surface area contributed by atoms with E-state index in [4.69, 9.17) is 4.74 Å². The van der Waals surface area contributed by atoms with Crippen molar-refractivity contribution in [1.82, 2.24) is 10.2 Å². The molecule has 3 amide bonds. The summed E-state index contributed by atoms with van der Waals surface area (Å²) in [5.41, 5.74) is 0. The van der Waals surface area contributed by atoms with Gasteiger partial charge in [-0.25, -0.2) is 0 Å². The van der Waals surface area contributed by atoms with Crippen LogP contribution in [0.5, 0.6) is 0 Å². The van der Waals surface area contributed by atoms with E-state index < -0.39 is 11.9 Å². The zero-order chi connectivity index (χ0) is 13.8. The van der Waals surface area contributed by atoms with Crippen LogP contribution in [0.1, 0.15) is 39.0 Å². The Morgan fingerprint density at radius 2 is 2.21 bits per heavy atom. The van der Waals surface area contributed by atoms with Gasteiger partial charge < -0.3 is 9.64 Å². The number of amides is 3. The largest absolute Gasteiger partial charge is 0.378 e. The van der Waals surface area contributed by atoms with Gasteiger partial charge in [0.15, 0.2) is 0 Å². The molecule has 0 saturated carbocycles. The van der Waals surface area contributed by atoms with Gasteiger partial charge in [-0.1, -0.05) is 6.92 Å². The van der Waals surface area contributed by atoms with E-state index in [-0.39, 0.29) is 30.9 Å². The molecule has 0 aromatic carbocycles. The lowest BCUT2D eigenvalue weighted by Crippen LogP contribution is -2.59. The third kappa shape index (κ3) is 3.32. The SMILES string of the molecule is CCC1C(=O)NC(=O)CN1C(=O)CC1CCCCO1. The standard InChI is InChI=1S/C13H20N2O4/c1-2-10-13(18)14-11(16)8-15(10)12(17)7-9-5-3-4-6-19-9/h9-10H,2-8H2,1H3,(H,14,16,18). The number of carbonyl (C=O) groups excluding carboxylic acids is 3. The average molecular weight is 268 g/mol. The molecule has 0 aromatic heterocycles. The van der Waals surface area contributed by atoms with Crippen LogP contribution in [0.15, 0.2) is 0 Å². The van der Waals surface area contributed by atoms with E-state index in [1.165, 1.54) is 4.90 Å². The Morgan fingerprint density at radius 1 is 1.42 bits per heavy atom. The number of ether oxygens (including phenoxy) is 1. The number of piperazine rings is 1.